The summed E-state index contributed by atoms with van der Waals surface area (Å²) in [5.74, 6) is 0.145. The van der Waals surface area contributed by atoms with Crippen LogP contribution in [0.15, 0.2) is 164 Å². The standard InChI is InChI=1S/2C19H24.2C19H30.3C16H26/c2*1-13-7-9-17(14(2)11-13)16-8-10-18(15(3)12-16)19(4,5)6;2*1-14-13-16(7-8-17(14)18(2,3)4)15-9-11-19(5,6)12-10-15;3*1-12-10-13(11-15(2,3)4)8-9-14(12)16(5,6)7/h2*7-12H,1-6H3;2*7-8,13,15H,9-12H2,1-6H3;3*8-10H,11H2,1-7H3/i2D3,3D3;;1D3,15D;;1D3,11D2;1D3;. The number of rotatable bonds is 7. The van der Waals surface area contributed by atoms with Gasteiger partial charge in [0.1, 0.15) is 0 Å². The smallest absolute Gasteiger partial charge is 0.0352 e. The Morgan fingerprint density at radius 1 is 0.274 bits per heavy atom. The van der Waals surface area contributed by atoms with E-state index in [1.165, 1.54) is 92.9 Å². The van der Waals surface area contributed by atoms with Crippen LogP contribution in [0.5, 0.6) is 0 Å². The zero-order valence-corrected chi connectivity index (χ0v) is 86.2. The van der Waals surface area contributed by atoms with Gasteiger partial charge in [0.15, 0.2) is 0 Å². The van der Waals surface area contributed by atoms with E-state index < -0.39 is 51.9 Å². The van der Waals surface area contributed by atoms with Crippen molar-refractivity contribution < 1.29 is 24.7 Å². The molecule has 0 heteroatoms. The average Bonchev–Trinajstić information content (AvgIpc) is 0.792. The van der Waals surface area contributed by atoms with Crippen LogP contribution in [0, 0.1) is 103 Å². The molecule has 124 heavy (non-hydrogen) atoms. The van der Waals surface area contributed by atoms with E-state index in [9.17, 15) is 0 Å². The maximum Gasteiger partial charge on any atom is 0.0352 e. The molecular weight excluding hydrogens is 1490 g/mol. The molecule has 0 bridgehead atoms. The van der Waals surface area contributed by atoms with Crippen LogP contribution in [0.3, 0.4) is 0 Å². The molecular formula is C124H186. The maximum atomic E-state index is 8.88. The van der Waals surface area contributed by atoms with Crippen LogP contribution in [0.4, 0.5) is 0 Å². The summed E-state index contributed by atoms with van der Waals surface area (Å²) in [6, 6.07) is 54.8. The Bertz CT molecular complexity index is 5650. The molecule has 2 aliphatic carbocycles. The number of benzene rings is 9. The average molecular weight is 1690 g/mol. The minimum atomic E-state index is -2.26. The zero-order chi connectivity index (χ0) is 110. The van der Waals surface area contributed by atoms with Crippen LogP contribution in [0.1, 0.15) is 451 Å². The van der Waals surface area contributed by atoms with Crippen LogP contribution in [0.2, 0.25) is 0 Å². The normalized spacial score (nSPS) is 17.9. The van der Waals surface area contributed by atoms with Gasteiger partial charge in [-0.15, -0.1) is 0 Å². The van der Waals surface area contributed by atoms with E-state index in [-0.39, 0.29) is 60.0 Å². The summed E-state index contributed by atoms with van der Waals surface area (Å²) in [7, 11) is 0. The molecule has 0 N–H and O–H groups in total. The fourth-order valence-electron chi connectivity index (χ4n) is 17.5. The predicted molar refractivity (Wildman–Crippen MR) is 558 cm³/mol. The Hall–Kier alpha value is -7.02. The van der Waals surface area contributed by atoms with E-state index in [0.29, 0.717) is 44.1 Å². The largest absolute Gasteiger partial charge is 0.0599 e. The van der Waals surface area contributed by atoms with Crippen molar-refractivity contribution in [2.75, 3.05) is 0 Å². The summed E-state index contributed by atoms with van der Waals surface area (Å²) in [6.07, 6.45) is 9.55. The third-order valence-electron chi connectivity index (χ3n) is 24.2. The van der Waals surface area contributed by atoms with Gasteiger partial charge in [-0.25, -0.2) is 0 Å². The van der Waals surface area contributed by atoms with Crippen LogP contribution >= 0.6 is 0 Å². The highest BCUT2D eigenvalue weighted by Gasteiger charge is 2.31. The van der Waals surface area contributed by atoms with Crippen LogP contribution in [-0.4, -0.2) is 0 Å². The third-order valence-corrected chi connectivity index (χ3v) is 24.2. The first-order chi connectivity index (χ1) is 63.4. The van der Waals surface area contributed by atoms with Gasteiger partial charge in [0, 0.05) is 24.7 Å². The molecule has 0 aromatic heterocycles. The Morgan fingerprint density at radius 2 is 0.548 bits per heavy atom. The molecule has 0 aliphatic heterocycles. The third kappa shape index (κ3) is 34.9. The molecule has 0 heterocycles. The monoisotopic (exact) mass is 1690 g/mol. The van der Waals surface area contributed by atoms with Gasteiger partial charge in [-0.2, -0.15) is 0 Å². The van der Waals surface area contributed by atoms with Gasteiger partial charge in [-0.05, 0) is 362 Å². The predicted octanol–water partition coefficient (Wildman–Crippen LogP) is 37.7. The van der Waals surface area contributed by atoms with Crippen molar-refractivity contribution in [3.63, 3.8) is 0 Å². The van der Waals surface area contributed by atoms with Crippen molar-refractivity contribution in [3.8, 4) is 22.3 Å². The molecule has 0 atom stereocenters. The van der Waals surface area contributed by atoms with E-state index in [1.54, 1.807) is 48.0 Å². The Labute approximate surface area is 793 Å². The number of hydrogen-bond acceptors (Lipinski definition) is 0. The molecule has 2 fully saturated rings. The highest BCUT2D eigenvalue weighted by molar-refractivity contribution is 5.70. The minimum Gasteiger partial charge on any atom is -0.0599 e. The first-order valence-electron chi connectivity index (χ1n) is 55.5. The number of hydrogen-bond donors (Lipinski definition) is 0. The van der Waals surface area contributed by atoms with Gasteiger partial charge < -0.3 is 0 Å². The molecule has 0 unspecified atom stereocenters. The first kappa shape index (κ1) is 81.5. The van der Waals surface area contributed by atoms with Crippen molar-refractivity contribution in [2.24, 2.45) is 27.1 Å². The summed E-state index contributed by atoms with van der Waals surface area (Å²) in [6.45, 7) is 74.8. The highest BCUT2D eigenvalue weighted by Crippen LogP contribution is 2.46. The Kier molecular flexibility index (Phi) is 27.9. The summed E-state index contributed by atoms with van der Waals surface area (Å²) in [4.78, 5) is 0. The lowest BCUT2D eigenvalue weighted by molar-refractivity contribution is 0.224. The van der Waals surface area contributed by atoms with Crippen molar-refractivity contribution in [3.05, 3.63) is 292 Å². The molecule has 2 saturated carbocycles. The van der Waals surface area contributed by atoms with Crippen LogP contribution in [-0.2, 0) is 57.1 Å². The molecule has 9 aromatic rings. The van der Waals surface area contributed by atoms with E-state index in [1.807, 2.05) is 126 Å². The SMILES string of the molecule is Cc1cc(C2CCC(C)(C)CC2)ccc1C(C)(C)C.Cc1cc(CC(C)(C)C)ccc1C(C)(C)C.Cc1ccc(-c2ccc(C(C)(C)C)c(C)c2)c(C)c1.[2H]C([2H])([2H])c1cc(C([2H])([2H])C(C)(C)C)ccc1C(C)(C)C.[2H]C([2H])([2H])c1cc(C)ccc1-c1ccc(C(C)(C)C)c(C([2H])([2H])[2H])c1.[2H]C([2H])([2H])c1cc(C2([2H])CCC(C)(C)CC2)ccc1C(C)(C)C.[2H]C([2H])([2H])c1cc(CC(C)(C)C)ccc1C(C)(C)C. The minimum absolute atomic E-state index is 0.149. The molecule has 9 aromatic carbocycles. The second-order valence-electron chi connectivity index (χ2n) is 49.1. The summed E-state index contributed by atoms with van der Waals surface area (Å²) >= 11 is 0. The lowest BCUT2D eigenvalue weighted by atomic mass is 9.71. The molecule has 0 spiro atoms. The second-order valence-corrected chi connectivity index (χ2v) is 49.1. The summed E-state index contributed by atoms with van der Waals surface area (Å²) in [5, 5.41) is 0. The Balaban J connectivity index is 0.000000293. The van der Waals surface area contributed by atoms with Crippen molar-refractivity contribution in [2.45, 2.75) is 432 Å². The van der Waals surface area contributed by atoms with Crippen molar-refractivity contribution >= 4 is 0 Å². The molecule has 0 amide bonds. The van der Waals surface area contributed by atoms with Gasteiger partial charge in [-0.1, -0.05) is 410 Å². The fourth-order valence-corrected chi connectivity index (χ4v) is 17.5. The van der Waals surface area contributed by atoms with E-state index >= 15 is 0 Å². The second kappa shape index (κ2) is 42.5. The Morgan fingerprint density at radius 3 is 0.895 bits per heavy atom. The van der Waals surface area contributed by atoms with Crippen molar-refractivity contribution in [1.29, 1.82) is 0 Å². The maximum absolute atomic E-state index is 8.88. The van der Waals surface area contributed by atoms with Crippen molar-refractivity contribution in [1.82, 2.24) is 0 Å². The van der Waals surface area contributed by atoms with Gasteiger partial charge >= 0.3 is 0 Å². The van der Waals surface area contributed by atoms with Gasteiger partial charge in [-0.3, -0.25) is 0 Å². The quantitative estimate of drug-likeness (QED) is 0.149. The zero-order valence-electron chi connectivity index (χ0n) is 104. The van der Waals surface area contributed by atoms with Gasteiger partial charge in [0.25, 0.3) is 0 Å². The summed E-state index contributed by atoms with van der Waals surface area (Å²) < 4.78 is 143. The van der Waals surface area contributed by atoms with E-state index in [2.05, 4.69) is 266 Å². The van der Waals surface area contributed by atoms with E-state index in [4.69, 9.17) is 24.7 Å². The topological polar surface area (TPSA) is 0 Å². The van der Waals surface area contributed by atoms with Gasteiger partial charge in [0.05, 0.1) is 0 Å². The van der Waals surface area contributed by atoms with Crippen LogP contribution in [0.25, 0.3) is 22.3 Å². The molecule has 0 radical (unpaired) electrons. The molecule has 2 aliphatic rings. The lowest BCUT2D eigenvalue weighted by Gasteiger charge is -2.35. The first-order valence-corrected chi connectivity index (χ1v) is 46.5. The van der Waals surface area contributed by atoms with E-state index in [0.717, 1.165) is 83.4 Å². The molecule has 0 nitrogen and oxygen atoms in total. The lowest BCUT2D eigenvalue weighted by Crippen LogP contribution is -2.20. The molecule has 0 saturated heterocycles. The fraction of sp³-hybridized carbons (Fsp3) is 0.565. The highest BCUT2D eigenvalue weighted by atomic mass is 14.4. The van der Waals surface area contributed by atoms with Gasteiger partial charge in [0.2, 0.25) is 0 Å². The van der Waals surface area contributed by atoms with Crippen LogP contribution < -0.4 is 0 Å². The number of aryl methyl sites for hydroxylation is 11. The summed E-state index contributed by atoms with van der Waals surface area (Å²) in [5.41, 5.74) is 26.9. The molecule has 682 valence electrons. The molecule has 11 rings (SSSR count).